The highest BCUT2D eigenvalue weighted by Gasteiger charge is 2.38. The zero-order valence-electron chi connectivity index (χ0n) is 18.2. The smallest absolute Gasteiger partial charge is 0.414 e. The maximum absolute atomic E-state index is 14.4. The molecule has 0 aliphatic heterocycles. The van der Waals surface area contributed by atoms with Gasteiger partial charge in [0.15, 0.2) is 15.5 Å². The van der Waals surface area contributed by atoms with Crippen molar-refractivity contribution in [1.82, 2.24) is 20.2 Å². The lowest BCUT2D eigenvalue weighted by atomic mass is 10.1. The first-order valence-electron chi connectivity index (χ1n) is 10.1. The third kappa shape index (κ3) is 5.37. The molecular weight excluding hydrogens is 494 g/mol. The van der Waals surface area contributed by atoms with E-state index in [1.807, 2.05) is 0 Å². The summed E-state index contributed by atoms with van der Waals surface area (Å²) in [7, 11) is -3.62. The van der Waals surface area contributed by atoms with Gasteiger partial charge in [-0.05, 0) is 43.5 Å². The number of hydrogen-bond donors (Lipinski definition) is 1. The number of nitrogens with zero attached hydrogens (tertiary/aromatic N) is 4. The molecule has 1 aliphatic rings. The zero-order chi connectivity index (χ0) is 25.5. The second-order valence-electron chi connectivity index (χ2n) is 7.87. The molecule has 9 nitrogen and oxygen atoms in total. The molecule has 0 spiro atoms. The molecule has 1 fully saturated rings. The minimum atomic E-state index is -4.95. The number of alkyl halides is 3. The highest BCUT2D eigenvalue weighted by atomic mass is 32.2. The number of benzene rings is 1. The van der Waals surface area contributed by atoms with Crippen LogP contribution in [0, 0.1) is 12.9 Å². The van der Waals surface area contributed by atoms with Crippen LogP contribution in [-0.4, -0.2) is 40.7 Å². The van der Waals surface area contributed by atoms with Gasteiger partial charge in [0.25, 0.3) is 23.6 Å². The third-order valence-corrected chi connectivity index (χ3v) is 6.22. The number of amides is 1. The van der Waals surface area contributed by atoms with E-state index in [0.717, 1.165) is 32.1 Å². The molecular formula is C21H17F4N5O4S. The van der Waals surface area contributed by atoms with E-state index in [1.54, 1.807) is 0 Å². The van der Waals surface area contributed by atoms with Crippen LogP contribution in [0.4, 0.5) is 23.2 Å². The highest BCUT2D eigenvalue weighted by Crippen LogP contribution is 2.39. The maximum atomic E-state index is 14.4. The summed E-state index contributed by atoms with van der Waals surface area (Å²) in [5.41, 5.74) is -2.39. The lowest BCUT2D eigenvalue weighted by Gasteiger charge is -2.16. The molecule has 1 aromatic carbocycles. The molecule has 0 radical (unpaired) electrons. The summed E-state index contributed by atoms with van der Waals surface area (Å²) in [5, 5.41) is 8.76. The van der Waals surface area contributed by atoms with Gasteiger partial charge in [0.2, 0.25) is 0 Å². The lowest BCUT2D eigenvalue weighted by Crippen LogP contribution is -2.21. The number of nitrogens with one attached hydrogen (secondary N) is 1. The molecule has 1 aliphatic carbocycles. The number of hydrogen-bond acceptors (Lipinski definition) is 8. The van der Waals surface area contributed by atoms with Crippen LogP contribution >= 0.6 is 0 Å². The largest absolute Gasteiger partial charge is 0.435 e. The van der Waals surface area contributed by atoms with Crippen molar-refractivity contribution in [3.63, 3.8) is 0 Å². The summed E-state index contributed by atoms with van der Waals surface area (Å²) in [6.07, 6.45) is -1.04. The van der Waals surface area contributed by atoms with Gasteiger partial charge in [0, 0.05) is 17.9 Å². The summed E-state index contributed by atoms with van der Waals surface area (Å²) >= 11 is 0. The van der Waals surface area contributed by atoms with Crippen LogP contribution in [0.2, 0.25) is 0 Å². The number of aromatic nitrogens is 4. The Morgan fingerprint density at radius 2 is 1.89 bits per heavy atom. The van der Waals surface area contributed by atoms with Crippen molar-refractivity contribution in [3.8, 4) is 11.8 Å². The van der Waals surface area contributed by atoms with Crippen LogP contribution in [0.25, 0.3) is 0 Å². The number of ether oxygens (including phenoxy) is 1. The van der Waals surface area contributed by atoms with Crippen molar-refractivity contribution >= 4 is 21.4 Å². The molecule has 4 rings (SSSR count). The van der Waals surface area contributed by atoms with Crippen LogP contribution < -0.4 is 10.1 Å². The normalized spacial score (nSPS) is 14.0. The van der Waals surface area contributed by atoms with E-state index in [9.17, 15) is 30.8 Å². The molecule has 2 aromatic heterocycles. The Morgan fingerprint density at radius 3 is 2.49 bits per heavy atom. The van der Waals surface area contributed by atoms with Crippen molar-refractivity contribution in [2.75, 3.05) is 11.6 Å². The molecule has 14 heteroatoms. The molecule has 3 aromatic rings. The van der Waals surface area contributed by atoms with Crippen molar-refractivity contribution in [2.45, 2.75) is 36.8 Å². The number of carbonyl (C=O) groups excluding carboxylic acids is 1. The number of rotatable bonds is 6. The summed E-state index contributed by atoms with van der Waals surface area (Å²) < 4.78 is 83.5. The Bertz CT molecular complexity index is 1430. The summed E-state index contributed by atoms with van der Waals surface area (Å²) in [4.78, 5) is 20.4. The van der Waals surface area contributed by atoms with Crippen LogP contribution in [-0.2, 0) is 16.0 Å². The predicted octanol–water partition coefficient (Wildman–Crippen LogP) is 4.06. The Balaban J connectivity index is 1.73. The molecule has 2 heterocycles. The quantitative estimate of drug-likeness (QED) is 0.492. The van der Waals surface area contributed by atoms with Crippen LogP contribution in [0.3, 0.4) is 0 Å². The number of sulfone groups is 1. The fraction of sp³-hybridized carbons (Fsp3) is 0.286. The Hall–Kier alpha value is -3.68. The van der Waals surface area contributed by atoms with Gasteiger partial charge in [-0.25, -0.2) is 18.4 Å². The van der Waals surface area contributed by atoms with Gasteiger partial charge in [-0.1, -0.05) is 6.07 Å². The maximum Gasteiger partial charge on any atom is 0.435 e. The molecule has 1 N–H and O–H groups in total. The van der Waals surface area contributed by atoms with Crippen LogP contribution in [0.5, 0.6) is 11.8 Å². The zero-order valence-corrected chi connectivity index (χ0v) is 19.0. The monoisotopic (exact) mass is 511 g/mol. The molecule has 1 amide bonds. The van der Waals surface area contributed by atoms with Gasteiger partial charge in [-0.3, -0.25) is 4.79 Å². The van der Waals surface area contributed by atoms with E-state index in [1.165, 1.54) is 24.4 Å². The van der Waals surface area contributed by atoms with E-state index in [0.29, 0.717) is 5.69 Å². The third-order valence-electron chi connectivity index (χ3n) is 5.11. The van der Waals surface area contributed by atoms with Gasteiger partial charge >= 0.3 is 6.18 Å². The van der Waals surface area contributed by atoms with Gasteiger partial charge in [0.1, 0.15) is 5.56 Å². The number of carbonyl (C=O) groups is 1. The van der Waals surface area contributed by atoms with E-state index in [-0.39, 0.29) is 16.5 Å². The van der Waals surface area contributed by atoms with Crippen molar-refractivity contribution in [3.05, 3.63) is 58.9 Å². The topological polar surface area (TPSA) is 124 Å². The molecule has 0 bridgehead atoms. The molecule has 0 atom stereocenters. The Labute approximate surface area is 196 Å². The number of halogens is 4. The molecule has 35 heavy (non-hydrogen) atoms. The van der Waals surface area contributed by atoms with E-state index < -0.39 is 56.4 Å². The highest BCUT2D eigenvalue weighted by molar-refractivity contribution is 7.90. The van der Waals surface area contributed by atoms with Crippen LogP contribution in [0.1, 0.15) is 46.1 Å². The van der Waals surface area contributed by atoms with Gasteiger partial charge in [-0.2, -0.15) is 17.6 Å². The van der Waals surface area contributed by atoms with Gasteiger partial charge in [0.05, 0.1) is 16.8 Å². The Morgan fingerprint density at radius 1 is 1.17 bits per heavy atom. The van der Waals surface area contributed by atoms with Crippen molar-refractivity contribution in [1.29, 1.82) is 0 Å². The van der Waals surface area contributed by atoms with E-state index >= 15 is 0 Å². The Kier molecular flexibility index (Phi) is 6.17. The molecule has 0 unspecified atom stereocenters. The van der Waals surface area contributed by atoms with E-state index in [4.69, 9.17) is 4.74 Å². The first kappa shape index (κ1) is 24.4. The van der Waals surface area contributed by atoms with Crippen molar-refractivity contribution < 1.29 is 35.5 Å². The van der Waals surface area contributed by atoms with E-state index in [2.05, 4.69) is 25.5 Å². The second kappa shape index (κ2) is 8.83. The molecule has 1 saturated carbocycles. The minimum absolute atomic E-state index is 0.0200. The minimum Gasteiger partial charge on any atom is -0.414 e. The van der Waals surface area contributed by atoms with Crippen molar-refractivity contribution in [2.24, 2.45) is 0 Å². The summed E-state index contributed by atoms with van der Waals surface area (Å²) in [6.45, 7) is 0.977. The summed E-state index contributed by atoms with van der Waals surface area (Å²) in [5.74, 6) is -3.59. The first-order valence-corrected chi connectivity index (χ1v) is 12.0. The lowest BCUT2D eigenvalue weighted by molar-refractivity contribution is -0.142. The standard InChI is InChI=1S/C21H17F4N5O4S/c1-10-15(18(31)27-12-4-3-5-13(8-12)35(2,32)33)19(30-29-16(10)21(23,24)25)34-20-17(22)28-14(9-26-20)11-6-7-11/h3-5,8-9,11H,6-7H2,1-2H3,(H,27,31). The molecule has 0 saturated heterocycles. The first-order chi connectivity index (χ1) is 16.3. The molecule has 184 valence electrons. The van der Waals surface area contributed by atoms with Gasteiger partial charge < -0.3 is 10.1 Å². The fourth-order valence-electron chi connectivity index (χ4n) is 3.21. The van der Waals surface area contributed by atoms with Crippen LogP contribution in [0.15, 0.2) is 35.4 Å². The average molecular weight is 511 g/mol. The predicted molar refractivity (Wildman–Crippen MR) is 113 cm³/mol. The summed E-state index contributed by atoms with van der Waals surface area (Å²) in [6, 6.07) is 5.09. The second-order valence-corrected chi connectivity index (χ2v) is 9.89. The van der Waals surface area contributed by atoms with Gasteiger partial charge in [-0.15, -0.1) is 10.2 Å². The fourth-order valence-corrected chi connectivity index (χ4v) is 3.88. The SMILES string of the molecule is Cc1c(C(F)(F)F)nnc(Oc2ncc(C3CC3)nc2F)c1C(=O)Nc1cccc(S(C)(=O)=O)c1. The number of anilines is 1. The average Bonchev–Trinajstić information content (AvgIpc) is 3.59.